The number of hydrogen-bond acceptors (Lipinski definition) is 0. The number of rotatable bonds is 2. The van der Waals surface area contributed by atoms with Gasteiger partial charge < -0.3 is 0 Å². The Kier molecular flexibility index (Phi) is 4.12. The lowest BCUT2D eigenvalue weighted by atomic mass is 10.0. The largest absolute Gasteiger partial charge is 0.101 e. The molecule has 0 spiro atoms. The molecule has 0 aliphatic heterocycles. The minimum absolute atomic E-state index is 1.34. The highest BCUT2D eigenvalue weighted by atomic mass is 13.7. The Bertz CT molecular complexity index is 11.1. The Morgan fingerprint density at radius 2 is 2.20 bits per heavy atom. The molecule has 0 radical (unpaired) electrons. The van der Waals surface area contributed by atoms with Crippen molar-refractivity contribution in [3.05, 3.63) is 0 Å². The van der Waals surface area contributed by atoms with Gasteiger partial charge in [-0.3, -0.25) is 0 Å². The molecular formula is C4H11B. The van der Waals surface area contributed by atoms with Crippen molar-refractivity contribution >= 4 is 7.85 Å². The molecule has 0 nitrogen and oxygen atoms in total. The summed E-state index contributed by atoms with van der Waals surface area (Å²) in [5.74, 6) is 0. The minimum Gasteiger partial charge on any atom is -0.0811 e. The molecule has 30 valence electrons. The summed E-state index contributed by atoms with van der Waals surface area (Å²) in [6.07, 6.45) is 4.08. The molecule has 0 aliphatic rings. The van der Waals surface area contributed by atoms with Crippen molar-refractivity contribution in [3.63, 3.8) is 0 Å². The first kappa shape index (κ1) is 5.06. The van der Waals surface area contributed by atoms with Gasteiger partial charge in [-0.2, -0.15) is 0 Å². The fourth-order valence-corrected chi connectivity index (χ4v) is 0.354. The van der Waals surface area contributed by atoms with Crippen LogP contribution in [0.3, 0.4) is 0 Å². The quantitative estimate of drug-likeness (QED) is 0.422. The Morgan fingerprint density at radius 1 is 1.60 bits per heavy atom. The summed E-state index contributed by atoms with van der Waals surface area (Å²) in [6, 6.07) is 0. The van der Waals surface area contributed by atoms with Gasteiger partial charge in [-0.25, -0.2) is 0 Å². The Morgan fingerprint density at radius 3 is 2.20 bits per heavy atom. The molecule has 0 aromatic carbocycles. The third-order valence-corrected chi connectivity index (χ3v) is 0.707. The molecule has 1 heteroatoms. The summed E-state index contributed by atoms with van der Waals surface area (Å²) in [5, 5.41) is 0. The molecule has 0 saturated heterocycles. The average molecular weight is 69.9 g/mol. The molecule has 0 aromatic rings. The van der Waals surface area contributed by atoms with Crippen molar-refractivity contribution in [2.24, 2.45) is 0 Å². The summed E-state index contributed by atoms with van der Waals surface area (Å²) in [5.41, 5.74) is 0. The van der Waals surface area contributed by atoms with E-state index in [1.807, 2.05) is 0 Å². The van der Waals surface area contributed by atoms with Crippen LogP contribution >= 0.6 is 0 Å². The van der Waals surface area contributed by atoms with Crippen LogP contribution in [-0.4, -0.2) is 7.85 Å². The van der Waals surface area contributed by atoms with Gasteiger partial charge in [0.25, 0.3) is 0 Å². The van der Waals surface area contributed by atoms with Crippen LogP contribution in [0.4, 0.5) is 0 Å². The van der Waals surface area contributed by atoms with E-state index in [-0.39, 0.29) is 0 Å². The third-order valence-electron chi connectivity index (χ3n) is 0.707. The first-order valence-corrected chi connectivity index (χ1v) is 2.41. The summed E-state index contributed by atoms with van der Waals surface area (Å²) >= 11 is 0. The van der Waals surface area contributed by atoms with Gasteiger partial charge in [0.2, 0.25) is 0 Å². The van der Waals surface area contributed by atoms with E-state index >= 15 is 0 Å². The molecule has 0 unspecified atom stereocenters. The lowest BCUT2D eigenvalue weighted by Gasteiger charge is -1.78. The van der Waals surface area contributed by atoms with Gasteiger partial charge in [-0.1, -0.05) is 26.1 Å². The number of hydrogen-bond donors (Lipinski definition) is 0. The van der Waals surface area contributed by atoms with E-state index in [1.54, 1.807) is 0 Å². The van der Waals surface area contributed by atoms with E-state index in [9.17, 15) is 0 Å². The highest BCUT2D eigenvalue weighted by Crippen LogP contribution is 1.86. The fourth-order valence-electron chi connectivity index (χ4n) is 0.354. The molecule has 0 saturated carbocycles. The number of unbranched alkanes of at least 4 members (excludes halogenated alkanes) is 1. The zero-order valence-electron chi connectivity index (χ0n) is 4.12. The molecule has 0 aromatic heterocycles. The molecule has 0 N–H and O–H groups in total. The lowest BCUT2D eigenvalue weighted by molar-refractivity contribution is 0.884. The molecule has 0 fully saturated rings. The van der Waals surface area contributed by atoms with Gasteiger partial charge in [-0.15, -0.1) is 0 Å². The second-order valence-electron chi connectivity index (χ2n) is 1.35. The Hall–Kier alpha value is 0.0649. The zero-order chi connectivity index (χ0) is 4.12. The highest BCUT2D eigenvalue weighted by molar-refractivity contribution is 6.08. The first-order valence-electron chi connectivity index (χ1n) is 2.41. The van der Waals surface area contributed by atoms with Crippen LogP contribution in [0.15, 0.2) is 0 Å². The van der Waals surface area contributed by atoms with Crippen LogP contribution in [0.1, 0.15) is 19.8 Å². The standard InChI is InChI=1S/C4H11B/c1-2-3-4-5/h2-5H2,1H3. The Balaban J connectivity index is 2.19. The van der Waals surface area contributed by atoms with Crippen LogP contribution < -0.4 is 0 Å². The topological polar surface area (TPSA) is 0 Å². The van der Waals surface area contributed by atoms with Gasteiger partial charge in [0, 0.05) is 0 Å². The fraction of sp³-hybridized carbons (Fsp3) is 1.00. The summed E-state index contributed by atoms with van der Waals surface area (Å²) < 4.78 is 0. The van der Waals surface area contributed by atoms with Gasteiger partial charge >= 0.3 is 0 Å². The van der Waals surface area contributed by atoms with E-state index in [0.717, 1.165) is 0 Å². The summed E-state index contributed by atoms with van der Waals surface area (Å²) in [7, 11) is 2.21. The van der Waals surface area contributed by atoms with E-state index in [2.05, 4.69) is 14.8 Å². The second-order valence-corrected chi connectivity index (χ2v) is 1.35. The van der Waals surface area contributed by atoms with Crippen LogP contribution in [0.2, 0.25) is 6.32 Å². The van der Waals surface area contributed by atoms with E-state index in [4.69, 9.17) is 0 Å². The van der Waals surface area contributed by atoms with E-state index < -0.39 is 0 Å². The Labute approximate surface area is 35.0 Å². The minimum atomic E-state index is 1.34. The van der Waals surface area contributed by atoms with Gasteiger partial charge in [-0.05, 0) is 0 Å². The molecular weight excluding hydrogens is 58.9 g/mol. The van der Waals surface area contributed by atoms with E-state index in [1.165, 1.54) is 19.2 Å². The molecule has 0 amide bonds. The average Bonchev–Trinajstić information content (AvgIpc) is 1.41. The molecule has 0 aliphatic carbocycles. The van der Waals surface area contributed by atoms with Crippen LogP contribution in [0.5, 0.6) is 0 Å². The van der Waals surface area contributed by atoms with E-state index in [0.29, 0.717) is 0 Å². The van der Waals surface area contributed by atoms with Gasteiger partial charge in [0.15, 0.2) is 0 Å². The van der Waals surface area contributed by atoms with Crippen LogP contribution in [0, 0.1) is 0 Å². The molecule has 0 bridgehead atoms. The molecule has 5 heavy (non-hydrogen) atoms. The monoisotopic (exact) mass is 70.1 g/mol. The summed E-state index contributed by atoms with van der Waals surface area (Å²) in [4.78, 5) is 0. The van der Waals surface area contributed by atoms with Crippen molar-refractivity contribution < 1.29 is 0 Å². The maximum Gasteiger partial charge on any atom is 0.101 e. The lowest BCUT2D eigenvalue weighted by Crippen LogP contribution is -1.63. The van der Waals surface area contributed by atoms with Gasteiger partial charge in [0.05, 0.1) is 0 Å². The van der Waals surface area contributed by atoms with Crippen molar-refractivity contribution in [1.29, 1.82) is 0 Å². The van der Waals surface area contributed by atoms with Gasteiger partial charge in [0.1, 0.15) is 7.85 Å². The molecule has 0 rings (SSSR count). The normalized spacial score (nSPS) is 8.20. The molecule has 0 atom stereocenters. The predicted molar refractivity (Wildman–Crippen MR) is 28.3 cm³/mol. The van der Waals surface area contributed by atoms with Crippen LogP contribution in [-0.2, 0) is 0 Å². The highest BCUT2D eigenvalue weighted by Gasteiger charge is 1.68. The van der Waals surface area contributed by atoms with Crippen molar-refractivity contribution in [1.82, 2.24) is 0 Å². The first-order chi connectivity index (χ1) is 2.41. The zero-order valence-corrected chi connectivity index (χ0v) is 4.12. The SMILES string of the molecule is BCCCC. The third kappa shape index (κ3) is 4.06. The second kappa shape index (κ2) is 4.06. The maximum atomic E-state index is 2.21. The molecule has 0 heterocycles. The van der Waals surface area contributed by atoms with Crippen LogP contribution in [0.25, 0.3) is 0 Å². The van der Waals surface area contributed by atoms with Crippen molar-refractivity contribution in [3.8, 4) is 0 Å². The summed E-state index contributed by atoms with van der Waals surface area (Å²) in [6.45, 7) is 2.21. The maximum absolute atomic E-state index is 2.21. The van der Waals surface area contributed by atoms with Crippen molar-refractivity contribution in [2.75, 3.05) is 0 Å². The predicted octanol–water partition coefficient (Wildman–Crippen LogP) is 0.838. The smallest absolute Gasteiger partial charge is 0.0811 e. The van der Waals surface area contributed by atoms with Crippen molar-refractivity contribution in [2.45, 2.75) is 26.1 Å².